The molecule has 2 N–H and O–H groups in total. The fourth-order valence-corrected chi connectivity index (χ4v) is 1.91. The molecule has 0 bridgehead atoms. The second kappa shape index (κ2) is 6.25. The molecule has 0 aliphatic heterocycles. The molecule has 0 radical (unpaired) electrons. The van der Waals surface area contributed by atoms with Gasteiger partial charge in [0.2, 0.25) is 12.7 Å². The summed E-state index contributed by atoms with van der Waals surface area (Å²) in [6, 6.07) is 8.17. The van der Waals surface area contributed by atoms with Gasteiger partial charge in [0.15, 0.2) is 11.9 Å². The van der Waals surface area contributed by atoms with Gasteiger partial charge in [-0.25, -0.2) is 0 Å². The standard InChI is InChI=1S/C14H13ClN2O3/c1-20-13-5-4-10(15)7-12(13)16-14(19)9-17-6-2-3-11(18)8-17/h2-8H,9H2,1H3,(H-,16,18,19)/p+1. The number of aromatic nitrogens is 1. The first-order valence-corrected chi connectivity index (χ1v) is 6.28. The Balaban J connectivity index is 2.10. The summed E-state index contributed by atoms with van der Waals surface area (Å²) in [6.45, 7) is 0.0735. The van der Waals surface area contributed by atoms with Crippen LogP contribution in [0.15, 0.2) is 42.7 Å². The van der Waals surface area contributed by atoms with E-state index in [9.17, 15) is 9.90 Å². The fraction of sp³-hybridized carbons (Fsp3) is 0.143. The molecule has 1 aromatic heterocycles. The quantitative estimate of drug-likeness (QED) is 0.847. The molecule has 0 aliphatic rings. The summed E-state index contributed by atoms with van der Waals surface area (Å²) in [5.41, 5.74) is 0.505. The first-order chi connectivity index (χ1) is 9.58. The Morgan fingerprint density at radius 2 is 2.25 bits per heavy atom. The van der Waals surface area contributed by atoms with Crippen molar-refractivity contribution in [1.29, 1.82) is 0 Å². The number of methoxy groups -OCH3 is 1. The highest BCUT2D eigenvalue weighted by Crippen LogP contribution is 2.27. The Morgan fingerprint density at radius 3 is 2.95 bits per heavy atom. The van der Waals surface area contributed by atoms with E-state index < -0.39 is 0 Å². The molecule has 6 heteroatoms. The van der Waals surface area contributed by atoms with Gasteiger partial charge in [-0.15, -0.1) is 0 Å². The third-order valence-corrected chi connectivity index (χ3v) is 2.84. The molecule has 1 heterocycles. The van der Waals surface area contributed by atoms with Crippen molar-refractivity contribution in [2.75, 3.05) is 12.4 Å². The number of amides is 1. The Kier molecular flexibility index (Phi) is 4.42. The number of carbonyl (C=O) groups is 1. The van der Waals surface area contributed by atoms with E-state index in [1.807, 2.05) is 0 Å². The number of nitrogens with zero attached hydrogens (tertiary/aromatic N) is 1. The number of pyridine rings is 1. The van der Waals surface area contributed by atoms with Crippen LogP contribution in [-0.2, 0) is 11.3 Å². The average molecular weight is 294 g/mol. The molecule has 0 unspecified atom stereocenters. The molecule has 0 atom stereocenters. The topological polar surface area (TPSA) is 62.4 Å². The molecule has 20 heavy (non-hydrogen) atoms. The monoisotopic (exact) mass is 293 g/mol. The lowest BCUT2D eigenvalue weighted by Gasteiger charge is -2.09. The molecule has 0 fully saturated rings. The van der Waals surface area contributed by atoms with E-state index in [2.05, 4.69) is 5.32 Å². The van der Waals surface area contributed by atoms with Gasteiger partial charge < -0.3 is 15.2 Å². The Hall–Kier alpha value is -2.27. The lowest BCUT2D eigenvalue weighted by atomic mass is 10.3. The summed E-state index contributed by atoms with van der Waals surface area (Å²) < 4.78 is 6.72. The number of anilines is 1. The summed E-state index contributed by atoms with van der Waals surface area (Å²) in [6.07, 6.45) is 3.16. The number of hydrogen-bond acceptors (Lipinski definition) is 3. The average Bonchev–Trinajstić information content (AvgIpc) is 2.38. The largest absolute Gasteiger partial charge is 0.503 e. The summed E-state index contributed by atoms with van der Waals surface area (Å²) in [4.78, 5) is 12.0. The van der Waals surface area contributed by atoms with Gasteiger partial charge in [0, 0.05) is 11.1 Å². The normalized spacial score (nSPS) is 10.1. The molecule has 0 aliphatic carbocycles. The summed E-state index contributed by atoms with van der Waals surface area (Å²) in [7, 11) is 1.52. The molecule has 0 spiro atoms. The molecule has 1 amide bonds. The molecule has 2 rings (SSSR count). The summed E-state index contributed by atoms with van der Waals surface area (Å²) in [5.74, 6) is 0.380. The van der Waals surface area contributed by atoms with E-state index in [1.54, 1.807) is 35.0 Å². The van der Waals surface area contributed by atoms with Crippen LogP contribution in [0.2, 0.25) is 5.02 Å². The van der Waals surface area contributed by atoms with Crippen LogP contribution in [-0.4, -0.2) is 18.1 Å². The number of nitrogens with one attached hydrogen (secondary N) is 1. The molecule has 1 aromatic carbocycles. The van der Waals surface area contributed by atoms with Crippen molar-refractivity contribution in [3.8, 4) is 11.5 Å². The maximum absolute atomic E-state index is 12.0. The number of ether oxygens (including phenoxy) is 1. The maximum atomic E-state index is 12.0. The predicted octanol–water partition coefficient (Wildman–Crippen LogP) is 1.98. The van der Waals surface area contributed by atoms with Gasteiger partial charge in [-0.1, -0.05) is 11.6 Å². The number of carbonyl (C=O) groups excluding carboxylic acids is 1. The first kappa shape index (κ1) is 14.1. The number of hydrogen-bond donors (Lipinski definition) is 2. The third-order valence-electron chi connectivity index (χ3n) is 2.60. The van der Waals surface area contributed by atoms with E-state index >= 15 is 0 Å². The van der Waals surface area contributed by atoms with Crippen molar-refractivity contribution in [1.82, 2.24) is 0 Å². The number of halogens is 1. The zero-order chi connectivity index (χ0) is 14.5. The van der Waals surface area contributed by atoms with Crippen LogP contribution in [0.5, 0.6) is 11.5 Å². The van der Waals surface area contributed by atoms with Crippen molar-refractivity contribution in [2.45, 2.75) is 6.54 Å². The van der Waals surface area contributed by atoms with Crippen LogP contribution in [0, 0.1) is 0 Å². The van der Waals surface area contributed by atoms with Crippen LogP contribution in [0.3, 0.4) is 0 Å². The zero-order valence-corrected chi connectivity index (χ0v) is 11.6. The van der Waals surface area contributed by atoms with Crippen molar-refractivity contribution >= 4 is 23.2 Å². The second-order valence-electron chi connectivity index (χ2n) is 4.13. The van der Waals surface area contributed by atoms with Crippen molar-refractivity contribution in [2.24, 2.45) is 0 Å². The van der Waals surface area contributed by atoms with Crippen molar-refractivity contribution < 1.29 is 19.2 Å². The fourth-order valence-electron chi connectivity index (χ4n) is 1.74. The Bertz CT molecular complexity index is 632. The van der Waals surface area contributed by atoms with E-state index in [0.29, 0.717) is 16.5 Å². The van der Waals surface area contributed by atoms with Crippen molar-refractivity contribution in [3.63, 3.8) is 0 Å². The zero-order valence-electron chi connectivity index (χ0n) is 10.8. The Morgan fingerprint density at radius 1 is 1.45 bits per heavy atom. The number of benzene rings is 1. The number of aromatic hydroxyl groups is 1. The van der Waals surface area contributed by atoms with Crippen LogP contribution in [0.1, 0.15) is 0 Å². The van der Waals surface area contributed by atoms with Crippen LogP contribution in [0.25, 0.3) is 0 Å². The SMILES string of the molecule is COc1ccc(Cl)cc1NC(=O)C[n+]1cccc(O)c1. The van der Waals surface area contributed by atoms with Gasteiger partial charge in [0.1, 0.15) is 5.75 Å². The molecular weight excluding hydrogens is 280 g/mol. The van der Waals surface area contributed by atoms with E-state index in [-0.39, 0.29) is 18.2 Å². The Labute approximate surface area is 121 Å². The minimum absolute atomic E-state index is 0.0735. The first-order valence-electron chi connectivity index (χ1n) is 5.90. The highest BCUT2D eigenvalue weighted by Gasteiger charge is 2.13. The van der Waals surface area contributed by atoms with Crippen LogP contribution in [0.4, 0.5) is 5.69 Å². The van der Waals surface area contributed by atoms with E-state index in [0.717, 1.165) is 0 Å². The maximum Gasteiger partial charge on any atom is 0.290 e. The minimum atomic E-state index is -0.249. The van der Waals surface area contributed by atoms with Crippen LogP contribution >= 0.6 is 11.6 Å². The van der Waals surface area contributed by atoms with Gasteiger partial charge >= 0.3 is 0 Å². The molecular formula is C14H14ClN2O3+. The van der Waals surface area contributed by atoms with Crippen molar-refractivity contribution in [3.05, 3.63) is 47.7 Å². The van der Waals surface area contributed by atoms with Crippen LogP contribution < -0.4 is 14.6 Å². The second-order valence-corrected chi connectivity index (χ2v) is 4.56. The van der Waals surface area contributed by atoms with Gasteiger partial charge in [-0.3, -0.25) is 4.79 Å². The highest BCUT2D eigenvalue weighted by atomic mass is 35.5. The molecule has 5 nitrogen and oxygen atoms in total. The molecule has 104 valence electrons. The lowest BCUT2D eigenvalue weighted by Crippen LogP contribution is -2.39. The smallest absolute Gasteiger partial charge is 0.290 e. The molecule has 0 saturated heterocycles. The number of rotatable bonds is 4. The highest BCUT2D eigenvalue weighted by molar-refractivity contribution is 6.31. The summed E-state index contributed by atoms with van der Waals surface area (Å²) in [5, 5.41) is 12.6. The van der Waals surface area contributed by atoms with Gasteiger partial charge in [0.25, 0.3) is 5.91 Å². The summed E-state index contributed by atoms with van der Waals surface area (Å²) >= 11 is 5.89. The van der Waals surface area contributed by atoms with Gasteiger partial charge in [-0.05, 0) is 24.3 Å². The molecule has 2 aromatic rings. The van der Waals surface area contributed by atoms with E-state index in [4.69, 9.17) is 16.3 Å². The minimum Gasteiger partial charge on any atom is -0.503 e. The molecule has 0 saturated carbocycles. The lowest BCUT2D eigenvalue weighted by molar-refractivity contribution is -0.684. The van der Waals surface area contributed by atoms with Gasteiger partial charge in [-0.2, -0.15) is 4.57 Å². The predicted molar refractivity (Wildman–Crippen MR) is 74.9 cm³/mol. The third kappa shape index (κ3) is 3.61. The van der Waals surface area contributed by atoms with Gasteiger partial charge in [0.05, 0.1) is 12.8 Å². The van der Waals surface area contributed by atoms with E-state index in [1.165, 1.54) is 19.4 Å².